The molecule has 2 rings (SSSR count). The summed E-state index contributed by atoms with van der Waals surface area (Å²) >= 11 is 0. The first kappa shape index (κ1) is 13.8. The van der Waals surface area contributed by atoms with Crippen LogP contribution in [-0.4, -0.2) is 19.0 Å². The second-order valence-corrected chi connectivity index (χ2v) is 4.28. The van der Waals surface area contributed by atoms with Crippen molar-refractivity contribution in [2.45, 2.75) is 26.2 Å². The van der Waals surface area contributed by atoms with E-state index in [9.17, 15) is 4.79 Å². The summed E-state index contributed by atoms with van der Waals surface area (Å²) in [6.45, 7) is 3.83. The fourth-order valence-corrected chi connectivity index (χ4v) is 2.11. The first-order valence-electron chi connectivity index (χ1n) is 5.88. The molecule has 0 spiro atoms. The summed E-state index contributed by atoms with van der Waals surface area (Å²) in [5, 5.41) is 2.78. The summed E-state index contributed by atoms with van der Waals surface area (Å²) in [5.74, 6) is -0.0225. The average molecular weight is 255 g/mol. The van der Waals surface area contributed by atoms with Crippen LogP contribution in [0.3, 0.4) is 0 Å². The van der Waals surface area contributed by atoms with Gasteiger partial charge < -0.3 is 10.2 Å². The van der Waals surface area contributed by atoms with E-state index in [2.05, 4.69) is 22.3 Å². The molecule has 0 radical (unpaired) electrons. The van der Waals surface area contributed by atoms with E-state index in [1.807, 2.05) is 12.1 Å². The lowest BCUT2D eigenvalue weighted by Gasteiger charge is -2.28. The van der Waals surface area contributed by atoms with Crippen LogP contribution in [0.1, 0.15) is 26.2 Å². The smallest absolute Gasteiger partial charge is 0.221 e. The fraction of sp³-hybridized carbons (Fsp3) is 0.462. The molecule has 17 heavy (non-hydrogen) atoms. The van der Waals surface area contributed by atoms with Crippen molar-refractivity contribution < 1.29 is 4.79 Å². The van der Waals surface area contributed by atoms with Crippen molar-refractivity contribution in [3.8, 4) is 0 Å². The van der Waals surface area contributed by atoms with Crippen molar-refractivity contribution in [3.63, 3.8) is 0 Å². The van der Waals surface area contributed by atoms with Gasteiger partial charge in [0.25, 0.3) is 0 Å². The van der Waals surface area contributed by atoms with Crippen molar-refractivity contribution >= 4 is 29.7 Å². The first-order chi connectivity index (χ1) is 7.75. The van der Waals surface area contributed by atoms with E-state index in [1.54, 1.807) is 0 Å². The lowest BCUT2D eigenvalue weighted by molar-refractivity contribution is -0.114. The first-order valence-corrected chi connectivity index (χ1v) is 5.88. The number of carbonyl (C=O) groups is 1. The van der Waals surface area contributed by atoms with Crippen molar-refractivity contribution in [2.75, 3.05) is 23.3 Å². The van der Waals surface area contributed by atoms with Crippen LogP contribution in [0.25, 0.3) is 0 Å². The minimum atomic E-state index is -0.0225. The van der Waals surface area contributed by atoms with Crippen molar-refractivity contribution in [2.24, 2.45) is 0 Å². The van der Waals surface area contributed by atoms with Crippen LogP contribution < -0.4 is 10.2 Å². The van der Waals surface area contributed by atoms with Crippen LogP contribution in [-0.2, 0) is 4.79 Å². The molecular formula is C13H19ClN2O. The molecule has 4 heteroatoms. The predicted octanol–water partition coefficient (Wildman–Crippen LogP) is 3.06. The molecule has 0 aromatic heterocycles. The zero-order valence-corrected chi connectivity index (χ0v) is 10.9. The van der Waals surface area contributed by atoms with E-state index in [0.29, 0.717) is 0 Å². The summed E-state index contributed by atoms with van der Waals surface area (Å²) in [7, 11) is 0. The Morgan fingerprint density at radius 2 is 1.71 bits per heavy atom. The Kier molecular flexibility index (Phi) is 5.29. The number of rotatable bonds is 2. The van der Waals surface area contributed by atoms with Gasteiger partial charge in [0.05, 0.1) is 0 Å². The second kappa shape index (κ2) is 6.50. The molecule has 3 nitrogen and oxygen atoms in total. The Bertz CT molecular complexity index is 358. The third-order valence-electron chi connectivity index (χ3n) is 2.91. The molecule has 0 saturated carbocycles. The van der Waals surface area contributed by atoms with Gasteiger partial charge in [-0.2, -0.15) is 0 Å². The van der Waals surface area contributed by atoms with Crippen LogP contribution in [0.5, 0.6) is 0 Å². The van der Waals surface area contributed by atoms with E-state index in [1.165, 1.54) is 31.9 Å². The van der Waals surface area contributed by atoms with Crippen LogP contribution in [0.4, 0.5) is 11.4 Å². The Balaban J connectivity index is 0.00000144. The van der Waals surface area contributed by atoms with E-state index in [4.69, 9.17) is 0 Å². The van der Waals surface area contributed by atoms with Gasteiger partial charge in [-0.3, -0.25) is 4.79 Å². The summed E-state index contributed by atoms with van der Waals surface area (Å²) in [6.07, 6.45) is 3.92. The monoisotopic (exact) mass is 254 g/mol. The van der Waals surface area contributed by atoms with Crippen molar-refractivity contribution in [3.05, 3.63) is 24.3 Å². The van der Waals surface area contributed by atoms with Gasteiger partial charge in [0.15, 0.2) is 0 Å². The van der Waals surface area contributed by atoms with Crippen LogP contribution >= 0.6 is 12.4 Å². The Labute approximate surface area is 109 Å². The largest absolute Gasteiger partial charge is 0.372 e. The number of nitrogens with zero attached hydrogens (tertiary/aromatic N) is 1. The third kappa shape index (κ3) is 3.93. The van der Waals surface area contributed by atoms with Gasteiger partial charge >= 0.3 is 0 Å². The summed E-state index contributed by atoms with van der Waals surface area (Å²) < 4.78 is 0. The standard InChI is InChI=1S/C13H18N2O.ClH/c1-11(16)14-12-5-7-13(8-6-12)15-9-3-2-4-10-15;/h5-8H,2-4,9-10H2,1H3,(H,14,16);1H. The minimum Gasteiger partial charge on any atom is -0.372 e. The molecule has 0 bridgehead atoms. The molecule has 1 aromatic rings. The second-order valence-electron chi connectivity index (χ2n) is 4.28. The highest BCUT2D eigenvalue weighted by molar-refractivity contribution is 5.88. The zero-order valence-electron chi connectivity index (χ0n) is 10.1. The number of halogens is 1. The number of carbonyl (C=O) groups excluding carboxylic acids is 1. The number of amides is 1. The van der Waals surface area contributed by atoms with Gasteiger partial charge in [0.2, 0.25) is 5.91 Å². The van der Waals surface area contributed by atoms with Gasteiger partial charge in [-0.05, 0) is 43.5 Å². The molecule has 0 unspecified atom stereocenters. The van der Waals surface area contributed by atoms with Crippen molar-refractivity contribution in [1.82, 2.24) is 0 Å². The molecule has 1 aliphatic rings. The maximum Gasteiger partial charge on any atom is 0.221 e. The molecule has 1 aromatic carbocycles. The molecule has 1 saturated heterocycles. The van der Waals surface area contributed by atoms with E-state index >= 15 is 0 Å². The molecule has 94 valence electrons. The lowest BCUT2D eigenvalue weighted by Crippen LogP contribution is -2.29. The highest BCUT2D eigenvalue weighted by atomic mass is 35.5. The number of hydrogen-bond donors (Lipinski definition) is 1. The molecule has 0 aliphatic carbocycles. The third-order valence-corrected chi connectivity index (χ3v) is 2.91. The molecule has 1 heterocycles. The summed E-state index contributed by atoms with van der Waals surface area (Å²) in [6, 6.07) is 8.09. The Morgan fingerprint density at radius 1 is 1.12 bits per heavy atom. The lowest BCUT2D eigenvalue weighted by atomic mass is 10.1. The van der Waals surface area contributed by atoms with Gasteiger partial charge in [-0.1, -0.05) is 0 Å². The number of hydrogen-bond acceptors (Lipinski definition) is 2. The summed E-state index contributed by atoms with van der Waals surface area (Å²) in [4.78, 5) is 13.3. The normalized spacial score (nSPS) is 15.0. The maximum atomic E-state index is 10.9. The average Bonchev–Trinajstić information content (AvgIpc) is 2.30. The minimum absolute atomic E-state index is 0. The Hall–Kier alpha value is -1.22. The fourth-order valence-electron chi connectivity index (χ4n) is 2.11. The molecule has 1 amide bonds. The van der Waals surface area contributed by atoms with Gasteiger partial charge in [0.1, 0.15) is 0 Å². The van der Waals surface area contributed by atoms with E-state index < -0.39 is 0 Å². The molecule has 1 aliphatic heterocycles. The molecule has 0 atom stereocenters. The summed E-state index contributed by atoms with van der Waals surface area (Å²) in [5.41, 5.74) is 2.13. The van der Waals surface area contributed by atoms with Crippen LogP contribution in [0.2, 0.25) is 0 Å². The molecule has 1 fully saturated rings. The van der Waals surface area contributed by atoms with E-state index in [-0.39, 0.29) is 18.3 Å². The van der Waals surface area contributed by atoms with Crippen LogP contribution in [0, 0.1) is 0 Å². The predicted molar refractivity (Wildman–Crippen MR) is 74.1 cm³/mol. The van der Waals surface area contributed by atoms with E-state index in [0.717, 1.165) is 18.8 Å². The number of anilines is 2. The molecular weight excluding hydrogens is 236 g/mol. The highest BCUT2D eigenvalue weighted by Gasteiger charge is 2.10. The highest BCUT2D eigenvalue weighted by Crippen LogP contribution is 2.21. The number of benzene rings is 1. The zero-order chi connectivity index (χ0) is 11.4. The van der Waals surface area contributed by atoms with Gasteiger partial charge in [-0.15, -0.1) is 12.4 Å². The number of piperidine rings is 1. The molecule has 1 N–H and O–H groups in total. The van der Waals surface area contributed by atoms with Crippen molar-refractivity contribution in [1.29, 1.82) is 0 Å². The maximum absolute atomic E-state index is 10.9. The topological polar surface area (TPSA) is 32.3 Å². The SMILES string of the molecule is CC(=O)Nc1ccc(N2CCCCC2)cc1.Cl. The van der Waals surface area contributed by atoms with Crippen LogP contribution in [0.15, 0.2) is 24.3 Å². The van der Waals surface area contributed by atoms with Gasteiger partial charge in [-0.25, -0.2) is 0 Å². The Morgan fingerprint density at radius 3 is 2.24 bits per heavy atom. The van der Waals surface area contributed by atoms with Gasteiger partial charge in [0, 0.05) is 31.4 Å². The quantitative estimate of drug-likeness (QED) is 0.880. The number of nitrogens with one attached hydrogen (secondary N) is 1.